The zero-order valence-electron chi connectivity index (χ0n) is 4.90. The zero-order chi connectivity index (χ0) is 5.82. The average molecular weight is 135 g/mol. The van der Waals surface area contributed by atoms with Crippen molar-refractivity contribution in [2.45, 2.75) is 12.8 Å². The van der Waals surface area contributed by atoms with Crippen LogP contribution in [-0.2, 0) is 4.74 Å². The van der Waals surface area contributed by atoms with Gasteiger partial charge in [-0.3, -0.25) is 0 Å². The fourth-order valence-electron chi connectivity index (χ4n) is 0.929. The van der Waals surface area contributed by atoms with Gasteiger partial charge in [0.05, 0.1) is 6.61 Å². The Labute approximate surface area is 55.0 Å². The highest BCUT2D eigenvalue weighted by Gasteiger charge is 2.11. The molecule has 1 saturated heterocycles. The fourth-order valence-corrected chi connectivity index (χ4v) is 1.17. The standard InChI is InChI=1S/C6H11ClO/c7-4-6-2-1-3-8-5-6/h6H,1-5H2. The summed E-state index contributed by atoms with van der Waals surface area (Å²) in [6.07, 6.45) is 2.45. The summed E-state index contributed by atoms with van der Waals surface area (Å²) < 4.78 is 5.19. The predicted molar refractivity (Wildman–Crippen MR) is 34.3 cm³/mol. The van der Waals surface area contributed by atoms with E-state index in [1.807, 2.05) is 0 Å². The van der Waals surface area contributed by atoms with Crippen LogP contribution in [-0.4, -0.2) is 19.1 Å². The molecule has 8 heavy (non-hydrogen) atoms. The van der Waals surface area contributed by atoms with Gasteiger partial charge in [-0.1, -0.05) is 0 Å². The molecule has 1 nitrogen and oxygen atoms in total. The van der Waals surface area contributed by atoms with Crippen LogP contribution in [0.25, 0.3) is 0 Å². The fraction of sp³-hybridized carbons (Fsp3) is 1.00. The number of alkyl halides is 1. The van der Waals surface area contributed by atoms with Gasteiger partial charge in [0, 0.05) is 12.5 Å². The van der Waals surface area contributed by atoms with E-state index >= 15 is 0 Å². The third-order valence-corrected chi connectivity index (χ3v) is 1.91. The predicted octanol–water partition coefficient (Wildman–Crippen LogP) is 1.65. The molecule has 0 aliphatic carbocycles. The van der Waals surface area contributed by atoms with E-state index in [9.17, 15) is 0 Å². The van der Waals surface area contributed by atoms with E-state index in [4.69, 9.17) is 16.3 Å². The van der Waals surface area contributed by atoms with Crippen molar-refractivity contribution in [1.29, 1.82) is 0 Å². The van der Waals surface area contributed by atoms with E-state index in [0.29, 0.717) is 5.92 Å². The number of hydrogen-bond acceptors (Lipinski definition) is 1. The zero-order valence-corrected chi connectivity index (χ0v) is 5.66. The van der Waals surface area contributed by atoms with Crippen LogP contribution in [0.15, 0.2) is 0 Å². The molecule has 0 N–H and O–H groups in total. The molecule has 0 saturated carbocycles. The van der Waals surface area contributed by atoms with Gasteiger partial charge in [0.1, 0.15) is 0 Å². The maximum absolute atomic E-state index is 5.60. The van der Waals surface area contributed by atoms with Gasteiger partial charge < -0.3 is 4.74 Å². The Balaban J connectivity index is 2.13. The van der Waals surface area contributed by atoms with Gasteiger partial charge in [-0.25, -0.2) is 0 Å². The maximum Gasteiger partial charge on any atom is 0.0505 e. The Morgan fingerprint density at radius 3 is 2.88 bits per heavy atom. The first-order valence-corrected chi connectivity index (χ1v) is 3.60. The Morgan fingerprint density at radius 1 is 1.62 bits per heavy atom. The van der Waals surface area contributed by atoms with Crippen molar-refractivity contribution in [2.24, 2.45) is 5.92 Å². The number of halogens is 1. The van der Waals surface area contributed by atoms with Crippen molar-refractivity contribution in [3.05, 3.63) is 0 Å². The van der Waals surface area contributed by atoms with Crippen LogP contribution < -0.4 is 0 Å². The molecule has 1 fully saturated rings. The Hall–Kier alpha value is 0.250. The minimum atomic E-state index is 0.630. The normalized spacial score (nSPS) is 30.4. The molecular weight excluding hydrogens is 124 g/mol. The summed E-state index contributed by atoms with van der Waals surface area (Å²) in [5.41, 5.74) is 0. The Morgan fingerprint density at radius 2 is 2.50 bits per heavy atom. The molecule has 0 amide bonds. The first-order chi connectivity index (χ1) is 3.93. The lowest BCUT2D eigenvalue weighted by atomic mass is 10.1. The van der Waals surface area contributed by atoms with Crippen LogP contribution in [0, 0.1) is 5.92 Å². The molecule has 0 aromatic heterocycles. The number of hydrogen-bond donors (Lipinski definition) is 0. The smallest absolute Gasteiger partial charge is 0.0505 e. The van der Waals surface area contributed by atoms with Crippen molar-refractivity contribution in [3.63, 3.8) is 0 Å². The van der Waals surface area contributed by atoms with E-state index in [-0.39, 0.29) is 0 Å². The summed E-state index contributed by atoms with van der Waals surface area (Å²) in [5, 5.41) is 0. The van der Waals surface area contributed by atoms with Gasteiger partial charge in [0.2, 0.25) is 0 Å². The van der Waals surface area contributed by atoms with Crippen LogP contribution >= 0.6 is 11.6 Å². The minimum absolute atomic E-state index is 0.630. The lowest BCUT2D eigenvalue weighted by molar-refractivity contribution is 0.0628. The van der Waals surface area contributed by atoms with E-state index in [1.165, 1.54) is 12.8 Å². The summed E-state index contributed by atoms with van der Waals surface area (Å²) in [6.45, 7) is 1.82. The number of ether oxygens (including phenoxy) is 1. The Kier molecular flexibility index (Phi) is 2.64. The lowest BCUT2D eigenvalue weighted by Gasteiger charge is -2.18. The van der Waals surface area contributed by atoms with Crippen LogP contribution in [0.1, 0.15) is 12.8 Å². The maximum atomic E-state index is 5.60. The first-order valence-electron chi connectivity index (χ1n) is 3.07. The third-order valence-electron chi connectivity index (χ3n) is 1.47. The summed E-state index contributed by atoms with van der Waals surface area (Å²) in [7, 11) is 0. The number of rotatable bonds is 1. The molecule has 48 valence electrons. The second kappa shape index (κ2) is 3.31. The molecule has 0 bridgehead atoms. The van der Waals surface area contributed by atoms with E-state index in [0.717, 1.165) is 19.1 Å². The SMILES string of the molecule is ClCC1CCCOC1. The van der Waals surface area contributed by atoms with E-state index in [1.54, 1.807) is 0 Å². The molecule has 0 radical (unpaired) electrons. The minimum Gasteiger partial charge on any atom is -0.381 e. The van der Waals surface area contributed by atoms with Gasteiger partial charge in [0.15, 0.2) is 0 Å². The summed E-state index contributed by atoms with van der Waals surface area (Å²) in [5.74, 6) is 1.39. The van der Waals surface area contributed by atoms with Crippen molar-refractivity contribution >= 4 is 11.6 Å². The summed E-state index contributed by atoms with van der Waals surface area (Å²) in [6, 6.07) is 0. The van der Waals surface area contributed by atoms with E-state index < -0.39 is 0 Å². The monoisotopic (exact) mass is 134 g/mol. The highest BCUT2D eigenvalue weighted by Crippen LogP contribution is 2.13. The van der Waals surface area contributed by atoms with Crippen molar-refractivity contribution in [1.82, 2.24) is 0 Å². The molecule has 1 aliphatic rings. The van der Waals surface area contributed by atoms with Crippen LogP contribution in [0.2, 0.25) is 0 Å². The van der Waals surface area contributed by atoms with Gasteiger partial charge >= 0.3 is 0 Å². The summed E-state index contributed by atoms with van der Waals surface area (Å²) >= 11 is 5.60. The van der Waals surface area contributed by atoms with Crippen LogP contribution in [0.5, 0.6) is 0 Å². The van der Waals surface area contributed by atoms with Crippen molar-refractivity contribution in [2.75, 3.05) is 19.1 Å². The molecule has 0 aromatic rings. The van der Waals surface area contributed by atoms with Gasteiger partial charge in [-0.2, -0.15) is 0 Å². The first kappa shape index (κ1) is 6.37. The molecule has 1 atom stereocenters. The molecule has 1 aliphatic heterocycles. The van der Waals surface area contributed by atoms with Gasteiger partial charge in [-0.15, -0.1) is 11.6 Å². The van der Waals surface area contributed by atoms with Crippen molar-refractivity contribution in [3.8, 4) is 0 Å². The molecule has 0 aromatic carbocycles. The van der Waals surface area contributed by atoms with E-state index in [2.05, 4.69) is 0 Å². The van der Waals surface area contributed by atoms with Crippen LogP contribution in [0.4, 0.5) is 0 Å². The Bertz CT molecular complexity index is 59.5. The highest BCUT2D eigenvalue weighted by atomic mass is 35.5. The van der Waals surface area contributed by atoms with Crippen molar-refractivity contribution < 1.29 is 4.74 Å². The summed E-state index contributed by atoms with van der Waals surface area (Å²) in [4.78, 5) is 0. The molecule has 1 unspecified atom stereocenters. The third kappa shape index (κ3) is 1.64. The molecular formula is C6H11ClO. The average Bonchev–Trinajstić information content (AvgIpc) is 1.90. The van der Waals surface area contributed by atoms with Gasteiger partial charge in [-0.05, 0) is 18.8 Å². The second-order valence-corrected chi connectivity index (χ2v) is 2.55. The molecule has 0 spiro atoms. The second-order valence-electron chi connectivity index (χ2n) is 2.24. The topological polar surface area (TPSA) is 9.23 Å². The highest BCUT2D eigenvalue weighted by molar-refractivity contribution is 6.18. The lowest BCUT2D eigenvalue weighted by Crippen LogP contribution is -2.17. The largest absolute Gasteiger partial charge is 0.381 e. The van der Waals surface area contributed by atoms with Gasteiger partial charge in [0.25, 0.3) is 0 Å². The quantitative estimate of drug-likeness (QED) is 0.496. The molecule has 1 rings (SSSR count). The molecule has 2 heteroatoms. The molecule has 1 heterocycles. The van der Waals surface area contributed by atoms with Crippen LogP contribution in [0.3, 0.4) is 0 Å².